The number of nitrogens with zero attached hydrogens (tertiary/aromatic N) is 1. The summed E-state index contributed by atoms with van der Waals surface area (Å²) in [5.74, 6) is 0. The number of carbonyl (C=O) groups excluding carboxylic acids is 1. The largest absolute Gasteiger partial charge is 0.444 e. The number of amides is 1. The molecule has 3 nitrogen and oxygen atoms in total. The van der Waals surface area contributed by atoms with Crippen molar-refractivity contribution in [1.29, 1.82) is 0 Å². The molecule has 0 aromatic heterocycles. The number of hydrogen-bond acceptors (Lipinski definition) is 2. The lowest BCUT2D eigenvalue weighted by Gasteiger charge is -2.32. The first kappa shape index (κ1) is 14.1. The Hall–Kier alpha value is -0.990. The molecule has 0 aliphatic carbocycles. The highest BCUT2D eigenvalue weighted by Gasteiger charge is 2.25. The monoisotopic (exact) mass is 239 g/mol. The molecule has 0 atom stereocenters. The second-order valence-electron chi connectivity index (χ2n) is 5.74. The molecular weight excluding hydrogens is 214 g/mol. The molecule has 1 fully saturated rings. The molecule has 0 unspecified atom stereocenters. The van der Waals surface area contributed by atoms with Crippen molar-refractivity contribution in [2.24, 2.45) is 0 Å². The SMILES string of the molecule is CC/C(C)=C1\CCCN(C(=O)OC(C)(C)C)C1. The van der Waals surface area contributed by atoms with Crippen LogP contribution in [0, 0.1) is 0 Å². The fourth-order valence-electron chi connectivity index (χ4n) is 1.95. The fourth-order valence-corrected chi connectivity index (χ4v) is 1.95. The minimum Gasteiger partial charge on any atom is -0.444 e. The average Bonchev–Trinajstić information content (AvgIpc) is 2.26. The van der Waals surface area contributed by atoms with Gasteiger partial charge in [0.15, 0.2) is 0 Å². The highest BCUT2D eigenvalue weighted by atomic mass is 16.6. The van der Waals surface area contributed by atoms with E-state index in [9.17, 15) is 4.79 Å². The zero-order valence-electron chi connectivity index (χ0n) is 11.8. The van der Waals surface area contributed by atoms with Crippen molar-refractivity contribution in [3.8, 4) is 0 Å². The van der Waals surface area contributed by atoms with Gasteiger partial charge in [-0.2, -0.15) is 0 Å². The summed E-state index contributed by atoms with van der Waals surface area (Å²) in [5, 5.41) is 0. The predicted octanol–water partition coefficient (Wildman–Crippen LogP) is 3.74. The van der Waals surface area contributed by atoms with Crippen LogP contribution < -0.4 is 0 Å². The van der Waals surface area contributed by atoms with Crippen LogP contribution in [-0.4, -0.2) is 29.7 Å². The van der Waals surface area contributed by atoms with Crippen molar-refractivity contribution in [2.75, 3.05) is 13.1 Å². The van der Waals surface area contributed by atoms with Crippen molar-refractivity contribution in [1.82, 2.24) is 4.90 Å². The van der Waals surface area contributed by atoms with Crippen LogP contribution in [0.2, 0.25) is 0 Å². The normalized spacial score (nSPS) is 20.2. The van der Waals surface area contributed by atoms with Gasteiger partial charge in [-0.1, -0.05) is 18.1 Å². The lowest BCUT2D eigenvalue weighted by Crippen LogP contribution is -2.40. The second-order valence-corrected chi connectivity index (χ2v) is 5.74. The highest BCUT2D eigenvalue weighted by Crippen LogP contribution is 2.22. The molecule has 0 radical (unpaired) electrons. The summed E-state index contributed by atoms with van der Waals surface area (Å²) in [6, 6.07) is 0. The number of carbonyl (C=O) groups is 1. The van der Waals surface area contributed by atoms with Crippen LogP contribution >= 0.6 is 0 Å². The predicted molar refractivity (Wildman–Crippen MR) is 70.0 cm³/mol. The van der Waals surface area contributed by atoms with Gasteiger partial charge in [0.25, 0.3) is 0 Å². The minimum atomic E-state index is -0.405. The molecule has 0 saturated carbocycles. The van der Waals surface area contributed by atoms with Crippen LogP contribution in [0.3, 0.4) is 0 Å². The van der Waals surface area contributed by atoms with E-state index in [1.54, 1.807) is 0 Å². The van der Waals surface area contributed by atoms with Gasteiger partial charge < -0.3 is 9.64 Å². The Morgan fingerprint density at radius 3 is 2.59 bits per heavy atom. The van der Waals surface area contributed by atoms with Crippen LogP contribution in [0.5, 0.6) is 0 Å². The summed E-state index contributed by atoms with van der Waals surface area (Å²) in [7, 11) is 0. The Kier molecular flexibility index (Phi) is 4.61. The van der Waals surface area contributed by atoms with E-state index in [0.717, 1.165) is 32.4 Å². The fraction of sp³-hybridized carbons (Fsp3) is 0.786. The summed E-state index contributed by atoms with van der Waals surface area (Å²) in [6.07, 6.45) is 3.06. The number of ether oxygens (including phenoxy) is 1. The van der Waals surface area contributed by atoms with E-state index < -0.39 is 5.60 Å². The Bertz CT molecular complexity index is 313. The van der Waals surface area contributed by atoms with E-state index in [1.165, 1.54) is 11.1 Å². The van der Waals surface area contributed by atoms with Crippen molar-refractivity contribution in [3.05, 3.63) is 11.1 Å². The van der Waals surface area contributed by atoms with Crippen LogP contribution in [-0.2, 0) is 4.74 Å². The molecule has 1 amide bonds. The first-order valence-corrected chi connectivity index (χ1v) is 6.49. The summed E-state index contributed by atoms with van der Waals surface area (Å²) in [5.41, 5.74) is 2.42. The molecule has 1 saturated heterocycles. The van der Waals surface area contributed by atoms with E-state index in [2.05, 4.69) is 13.8 Å². The summed E-state index contributed by atoms with van der Waals surface area (Å²) < 4.78 is 5.40. The lowest BCUT2D eigenvalue weighted by atomic mass is 9.99. The maximum absolute atomic E-state index is 12.0. The second kappa shape index (κ2) is 5.56. The molecule has 0 N–H and O–H groups in total. The lowest BCUT2D eigenvalue weighted by molar-refractivity contribution is 0.0246. The van der Waals surface area contributed by atoms with Gasteiger partial charge in [-0.25, -0.2) is 4.79 Å². The molecule has 1 heterocycles. The molecule has 17 heavy (non-hydrogen) atoms. The van der Waals surface area contributed by atoms with E-state index in [4.69, 9.17) is 4.74 Å². The van der Waals surface area contributed by atoms with Gasteiger partial charge in [-0.15, -0.1) is 0 Å². The van der Waals surface area contributed by atoms with Gasteiger partial charge in [0.1, 0.15) is 5.60 Å². The smallest absolute Gasteiger partial charge is 0.410 e. The molecule has 1 rings (SSSR count). The van der Waals surface area contributed by atoms with Gasteiger partial charge in [0, 0.05) is 13.1 Å². The van der Waals surface area contributed by atoms with Gasteiger partial charge in [-0.3, -0.25) is 0 Å². The van der Waals surface area contributed by atoms with Crippen molar-refractivity contribution in [2.45, 2.75) is 59.5 Å². The number of hydrogen-bond donors (Lipinski definition) is 0. The number of piperidine rings is 1. The number of rotatable bonds is 1. The number of allylic oxidation sites excluding steroid dienone is 1. The standard InChI is InChI=1S/C14H25NO2/c1-6-11(2)12-8-7-9-15(10-12)13(16)17-14(3,4)5/h6-10H2,1-5H3/b12-11+. The quantitative estimate of drug-likeness (QED) is 0.652. The van der Waals surface area contributed by atoms with E-state index in [-0.39, 0.29) is 6.09 Å². The summed E-state index contributed by atoms with van der Waals surface area (Å²) >= 11 is 0. The van der Waals surface area contributed by atoms with Crippen molar-refractivity contribution in [3.63, 3.8) is 0 Å². The minimum absolute atomic E-state index is 0.182. The number of likely N-dealkylation sites (tertiary alicyclic amines) is 1. The molecular formula is C14H25NO2. The van der Waals surface area contributed by atoms with Crippen molar-refractivity contribution < 1.29 is 9.53 Å². The molecule has 0 aromatic rings. The Labute approximate surface area is 105 Å². The van der Waals surface area contributed by atoms with Gasteiger partial charge in [0.05, 0.1) is 0 Å². The van der Waals surface area contributed by atoms with Crippen LogP contribution in [0.25, 0.3) is 0 Å². The molecule has 98 valence electrons. The van der Waals surface area contributed by atoms with E-state index in [0.29, 0.717) is 0 Å². The zero-order valence-corrected chi connectivity index (χ0v) is 11.8. The Morgan fingerprint density at radius 1 is 1.41 bits per heavy atom. The van der Waals surface area contributed by atoms with Crippen LogP contribution in [0.4, 0.5) is 4.79 Å². The molecule has 1 aliphatic heterocycles. The third kappa shape index (κ3) is 4.41. The first-order valence-electron chi connectivity index (χ1n) is 6.49. The average molecular weight is 239 g/mol. The maximum Gasteiger partial charge on any atom is 0.410 e. The molecule has 0 spiro atoms. The zero-order chi connectivity index (χ0) is 13.1. The van der Waals surface area contributed by atoms with E-state index >= 15 is 0 Å². The Morgan fingerprint density at radius 2 is 2.06 bits per heavy atom. The summed E-state index contributed by atoms with van der Waals surface area (Å²) in [4.78, 5) is 13.8. The van der Waals surface area contributed by atoms with Gasteiger partial charge in [-0.05, 0) is 47.0 Å². The van der Waals surface area contributed by atoms with E-state index in [1.807, 2.05) is 25.7 Å². The molecule has 3 heteroatoms. The third-order valence-corrected chi connectivity index (χ3v) is 3.07. The molecule has 1 aliphatic rings. The van der Waals surface area contributed by atoms with Crippen molar-refractivity contribution >= 4 is 6.09 Å². The topological polar surface area (TPSA) is 29.5 Å². The molecule has 0 aromatic carbocycles. The Balaban J connectivity index is 2.64. The summed E-state index contributed by atoms with van der Waals surface area (Å²) in [6.45, 7) is 11.6. The molecule has 0 bridgehead atoms. The maximum atomic E-state index is 12.0. The van der Waals surface area contributed by atoms with Gasteiger partial charge in [0.2, 0.25) is 0 Å². The van der Waals surface area contributed by atoms with Crippen LogP contribution in [0.1, 0.15) is 53.9 Å². The highest BCUT2D eigenvalue weighted by molar-refractivity contribution is 5.68. The third-order valence-electron chi connectivity index (χ3n) is 3.07. The van der Waals surface area contributed by atoms with Crippen LogP contribution in [0.15, 0.2) is 11.1 Å². The van der Waals surface area contributed by atoms with Gasteiger partial charge >= 0.3 is 6.09 Å². The first-order chi connectivity index (χ1) is 7.83.